The van der Waals surface area contributed by atoms with Gasteiger partial charge in [0.05, 0.1) is 13.2 Å². The van der Waals surface area contributed by atoms with Crippen molar-refractivity contribution in [3.8, 4) is 0 Å². The largest absolute Gasteiger partial charge is 0.458 e. The predicted octanol–water partition coefficient (Wildman–Crippen LogP) is 4.49. The molecule has 0 spiro atoms. The van der Waals surface area contributed by atoms with Crippen molar-refractivity contribution in [1.29, 1.82) is 0 Å². The van der Waals surface area contributed by atoms with Crippen LogP contribution in [0.2, 0.25) is 5.02 Å². The smallest absolute Gasteiger partial charge is 0.373 e. The Morgan fingerprint density at radius 1 is 1.17 bits per heavy atom. The molecule has 1 heterocycles. The van der Waals surface area contributed by atoms with Crippen LogP contribution in [0.3, 0.4) is 0 Å². The zero-order valence-corrected chi connectivity index (χ0v) is 16.7. The van der Waals surface area contributed by atoms with Gasteiger partial charge in [-0.15, -0.1) is 0 Å². The number of hydrogen-bond acceptors (Lipinski definition) is 5. The average molecular weight is 415 g/mol. The number of hydrogen-bond donors (Lipinski definition) is 1. The van der Waals surface area contributed by atoms with Gasteiger partial charge in [0.2, 0.25) is 12.0 Å². The number of ether oxygens (including phenoxy) is 3. The van der Waals surface area contributed by atoms with Gasteiger partial charge in [-0.2, -0.15) is 0 Å². The van der Waals surface area contributed by atoms with Gasteiger partial charge in [0.1, 0.15) is 6.61 Å². The first-order valence-corrected chi connectivity index (χ1v) is 9.69. The molecule has 1 aliphatic heterocycles. The Hall–Kier alpha value is -2.60. The monoisotopic (exact) mass is 414 g/mol. The third-order valence-corrected chi connectivity index (χ3v) is 4.78. The van der Waals surface area contributed by atoms with Crippen LogP contribution in [0.15, 0.2) is 73.0 Å². The van der Waals surface area contributed by atoms with Crippen LogP contribution in [0.5, 0.6) is 0 Å². The van der Waals surface area contributed by atoms with Crippen LogP contribution >= 0.6 is 11.6 Å². The minimum absolute atomic E-state index is 0.00335. The highest BCUT2D eigenvalue weighted by Gasteiger charge is 2.29. The van der Waals surface area contributed by atoms with E-state index in [0.717, 1.165) is 16.7 Å². The summed E-state index contributed by atoms with van der Waals surface area (Å²) in [5.74, 6) is -0.503. The fraction of sp³-hybridized carbons (Fsp3) is 0.261. The van der Waals surface area contributed by atoms with Gasteiger partial charge in [-0.1, -0.05) is 60.7 Å². The highest BCUT2D eigenvalue weighted by Crippen LogP contribution is 2.32. The van der Waals surface area contributed by atoms with E-state index in [-0.39, 0.29) is 24.9 Å². The summed E-state index contributed by atoms with van der Waals surface area (Å²) in [6.45, 7) is 3.97. The number of halogens is 1. The van der Waals surface area contributed by atoms with Gasteiger partial charge in [-0.3, -0.25) is 0 Å². The van der Waals surface area contributed by atoms with Gasteiger partial charge >= 0.3 is 5.97 Å². The molecule has 0 saturated heterocycles. The van der Waals surface area contributed by atoms with Gasteiger partial charge in [0.15, 0.2) is 0 Å². The SMILES string of the molecule is C=CCOC(=O)C1=C[C@@H](c2ccc(Cl)cc2)C[C@@H](OCc2ccc(CO)cc2)O1. The van der Waals surface area contributed by atoms with Gasteiger partial charge < -0.3 is 19.3 Å². The van der Waals surface area contributed by atoms with Gasteiger partial charge in [-0.05, 0) is 34.9 Å². The molecule has 0 radical (unpaired) electrons. The van der Waals surface area contributed by atoms with Crippen LogP contribution in [0, 0.1) is 0 Å². The summed E-state index contributed by atoms with van der Waals surface area (Å²) in [7, 11) is 0. The second-order valence-electron chi connectivity index (χ2n) is 6.64. The van der Waals surface area contributed by atoms with Crippen LogP contribution in [0.4, 0.5) is 0 Å². The maximum atomic E-state index is 12.3. The van der Waals surface area contributed by atoms with Gasteiger partial charge in [0.25, 0.3) is 0 Å². The molecule has 0 aromatic heterocycles. The highest BCUT2D eigenvalue weighted by molar-refractivity contribution is 6.30. The summed E-state index contributed by atoms with van der Waals surface area (Å²) >= 11 is 5.99. The number of carbonyl (C=O) groups excluding carboxylic acids is 1. The molecule has 0 saturated carbocycles. The number of aliphatic hydroxyl groups is 1. The Balaban J connectivity index is 1.73. The first-order chi connectivity index (χ1) is 14.1. The van der Waals surface area contributed by atoms with Crippen LogP contribution in [-0.4, -0.2) is 24.0 Å². The van der Waals surface area contributed by atoms with E-state index in [1.807, 2.05) is 48.5 Å². The van der Waals surface area contributed by atoms with E-state index in [9.17, 15) is 4.79 Å². The summed E-state index contributed by atoms with van der Waals surface area (Å²) in [5.41, 5.74) is 2.78. The zero-order valence-electron chi connectivity index (χ0n) is 15.9. The van der Waals surface area contributed by atoms with E-state index in [4.69, 9.17) is 30.9 Å². The molecule has 0 unspecified atom stereocenters. The van der Waals surface area contributed by atoms with E-state index >= 15 is 0 Å². The molecule has 6 heteroatoms. The van der Waals surface area contributed by atoms with Crippen molar-refractivity contribution in [2.45, 2.75) is 31.8 Å². The predicted molar refractivity (Wildman–Crippen MR) is 110 cm³/mol. The molecule has 0 aliphatic carbocycles. The molecule has 2 aromatic rings. The summed E-state index contributed by atoms with van der Waals surface area (Å²) in [6, 6.07) is 14.9. The summed E-state index contributed by atoms with van der Waals surface area (Å²) in [5, 5.41) is 9.79. The number of esters is 1. The standard InChI is InChI=1S/C23H23ClO5/c1-2-11-27-23(26)21-12-19(18-7-9-20(24)10-8-18)13-22(29-21)28-15-17-5-3-16(14-25)4-6-17/h2-10,12,19,22,25H,1,11,13-15H2/t19-,22+/m1/s1. The summed E-state index contributed by atoms with van der Waals surface area (Å²) in [6.07, 6.45) is 3.20. The van der Waals surface area contributed by atoms with Crippen LogP contribution in [0.1, 0.15) is 29.0 Å². The molecule has 2 atom stereocenters. The third-order valence-electron chi connectivity index (χ3n) is 4.53. The quantitative estimate of drug-likeness (QED) is 0.509. The Labute approximate surface area is 175 Å². The molecule has 0 bridgehead atoms. The normalized spacial score (nSPS) is 18.5. The minimum atomic E-state index is -0.607. The Morgan fingerprint density at radius 2 is 1.86 bits per heavy atom. The van der Waals surface area contributed by atoms with E-state index in [1.165, 1.54) is 6.08 Å². The second kappa shape index (κ2) is 10.3. The number of allylic oxidation sites excluding steroid dienone is 1. The van der Waals surface area contributed by atoms with Crippen LogP contribution in [-0.2, 0) is 32.2 Å². The first-order valence-electron chi connectivity index (χ1n) is 9.31. The fourth-order valence-corrected chi connectivity index (χ4v) is 3.11. The van der Waals surface area contributed by atoms with E-state index in [0.29, 0.717) is 18.1 Å². The average Bonchev–Trinajstić information content (AvgIpc) is 2.76. The lowest BCUT2D eigenvalue weighted by Gasteiger charge is -2.29. The Bertz CT molecular complexity index is 858. The van der Waals surface area contributed by atoms with Crippen molar-refractivity contribution < 1.29 is 24.1 Å². The Morgan fingerprint density at radius 3 is 2.52 bits per heavy atom. The minimum Gasteiger partial charge on any atom is -0.458 e. The van der Waals surface area contributed by atoms with Crippen LogP contribution < -0.4 is 0 Å². The van der Waals surface area contributed by atoms with Crippen molar-refractivity contribution in [3.05, 3.63) is 94.7 Å². The van der Waals surface area contributed by atoms with Crippen molar-refractivity contribution in [2.75, 3.05) is 6.61 Å². The van der Waals surface area contributed by atoms with Crippen molar-refractivity contribution in [1.82, 2.24) is 0 Å². The number of carbonyl (C=O) groups is 1. The number of rotatable bonds is 8. The molecule has 3 rings (SSSR count). The molecule has 1 N–H and O–H groups in total. The molecule has 0 fully saturated rings. The molecule has 2 aromatic carbocycles. The third kappa shape index (κ3) is 5.94. The van der Waals surface area contributed by atoms with Gasteiger partial charge in [0, 0.05) is 17.4 Å². The molecular weight excluding hydrogens is 392 g/mol. The lowest BCUT2D eigenvalue weighted by molar-refractivity contribution is -0.163. The van der Waals surface area contributed by atoms with E-state index in [1.54, 1.807) is 6.08 Å². The zero-order chi connectivity index (χ0) is 20.6. The van der Waals surface area contributed by atoms with E-state index in [2.05, 4.69) is 6.58 Å². The fourth-order valence-electron chi connectivity index (χ4n) is 2.98. The summed E-state index contributed by atoms with van der Waals surface area (Å²) in [4.78, 5) is 12.3. The molecule has 152 valence electrons. The maximum Gasteiger partial charge on any atom is 0.373 e. The molecule has 29 heavy (non-hydrogen) atoms. The molecular formula is C23H23ClO5. The lowest BCUT2D eigenvalue weighted by Crippen LogP contribution is -2.27. The summed E-state index contributed by atoms with van der Waals surface area (Å²) < 4.78 is 16.8. The first kappa shape index (κ1) is 21.1. The van der Waals surface area contributed by atoms with Crippen molar-refractivity contribution >= 4 is 17.6 Å². The number of aliphatic hydroxyl groups excluding tert-OH is 1. The maximum absolute atomic E-state index is 12.3. The second-order valence-corrected chi connectivity index (χ2v) is 7.08. The van der Waals surface area contributed by atoms with Crippen molar-refractivity contribution in [3.63, 3.8) is 0 Å². The Kier molecular flexibility index (Phi) is 7.47. The topological polar surface area (TPSA) is 65.0 Å². The lowest BCUT2D eigenvalue weighted by atomic mass is 9.93. The van der Waals surface area contributed by atoms with Gasteiger partial charge in [-0.25, -0.2) is 4.79 Å². The van der Waals surface area contributed by atoms with E-state index < -0.39 is 12.3 Å². The number of benzene rings is 2. The van der Waals surface area contributed by atoms with Crippen LogP contribution in [0.25, 0.3) is 0 Å². The highest BCUT2D eigenvalue weighted by atomic mass is 35.5. The van der Waals surface area contributed by atoms with Crippen molar-refractivity contribution in [2.24, 2.45) is 0 Å². The molecule has 5 nitrogen and oxygen atoms in total. The molecule has 1 aliphatic rings. The molecule has 0 amide bonds.